The molecule has 1 aromatic heterocycles. The van der Waals surface area contributed by atoms with E-state index in [4.69, 9.17) is 11.6 Å². The number of aromatic nitrogens is 1. The summed E-state index contributed by atoms with van der Waals surface area (Å²) in [5.41, 5.74) is -1.49. The van der Waals surface area contributed by atoms with Crippen molar-refractivity contribution >= 4 is 53.3 Å². The van der Waals surface area contributed by atoms with Crippen LogP contribution in [0.15, 0.2) is 17.3 Å². The van der Waals surface area contributed by atoms with Gasteiger partial charge < -0.3 is 20.9 Å². The van der Waals surface area contributed by atoms with Crippen LogP contribution < -0.4 is 20.9 Å². The summed E-state index contributed by atoms with van der Waals surface area (Å²) in [7, 11) is 1.63. The molecule has 176 valence electrons. The molecule has 1 amide bonds. The second-order valence-electron chi connectivity index (χ2n) is 7.77. The number of carbonyl (C=O) groups is 1. The van der Waals surface area contributed by atoms with E-state index in [-0.39, 0.29) is 40.9 Å². The van der Waals surface area contributed by atoms with E-state index >= 15 is 0 Å². The third-order valence-corrected chi connectivity index (χ3v) is 5.13. The number of pyridine rings is 1. The first-order valence-corrected chi connectivity index (χ1v) is 10.1. The summed E-state index contributed by atoms with van der Waals surface area (Å²) < 4.78 is 38.4. The Hall–Kier alpha value is -1.50. The Morgan fingerprint density at radius 2 is 2.03 bits per heavy atom. The van der Waals surface area contributed by atoms with Crippen LogP contribution in [0.5, 0.6) is 0 Å². The first-order chi connectivity index (χ1) is 14.0. The number of alkyl halides is 3. The topological polar surface area (TPSA) is 81.6 Å². The Morgan fingerprint density at radius 1 is 1.35 bits per heavy atom. The van der Waals surface area contributed by atoms with Crippen molar-refractivity contribution < 1.29 is 18.0 Å². The zero-order valence-electron chi connectivity index (χ0n) is 17.9. The molecule has 7 nitrogen and oxygen atoms in total. The molecule has 1 aromatic rings. The number of nitrogens with one attached hydrogen (secondary N) is 3. The van der Waals surface area contributed by atoms with Crippen molar-refractivity contribution in [1.82, 2.24) is 20.9 Å². The van der Waals surface area contributed by atoms with Gasteiger partial charge in [0.25, 0.3) is 0 Å². The average molecular weight is 577 g/mol. The highest BCUT2D eigenvalue weighted by Crippen LogP contribution is 2.34. The van der Waals surface area contributed by atoms with Gasteiger partial charge in [-0.3, -0.25) is 9.79 Å². The van der Waals surface area contributed by atoms with E-state index in [9.17, 15) is 18.0 Å². The number of hydrogen-bond donors (Lipinski definition) is 3. The van der Waals surface area contributed by atoms with Crippen LogP contribution in [0.1, 0.15) is 32.8 Å². The molecule has 3 N–H and O–H groups in total. The zero-order chi connectivity index (χ0) is 22.5. The maximum atomic E-state index is 12.8. The highest BCUT2D eigenvalue weighted by molar-refractivity contribution is 14.0. The summed E-state index contributed by atoms with van der Waals surface area (Å²) in [5.74, 6) is 0.822. The lowest BCUT2D eigenvalue weighted by molar-refractivity contribution is -0.137. The van der Waals surface area contributed by atoms with Crippen molar-refractivity contribution in [3.05, 3.63) is 22.8 Å². The SMILES string of the molecule is CCNC(=O)C(C)(C)CNC(=NC)NC1CCN(c2ncc(C(F)(F)F)cc2Cl)C1.I. The van der Waals surface area contributed by atoms with Crippen LogP contribution in [0, 0.1) is 5.41 Å². The molecule has 0 saturated carbocycles. The van der Waals surface area contributed by atoms with Gasteiger partial charge in [-0.2, -0.15) is 13.2 Å². The van der Waals surface area contributed by atoms with Crippen molar-refractivity contribution in [1.29, 1.82) is 0 Å². The summed E-state index contributed by atoms with van der Waals surface area (Å²) in [6, 6.07) is 0.901. The monoisotopic (exact) mass is 576 g/mol. The van der Waals surface area contributed by atoms with Crippen LogP contribution in [0.4, 0.5) is 19.0 Å². The van der Waals surface area contributed by atoms with Crippen molar-refractivity contribution in [2.45, 2.75) is 39.4 Å². The average Bonchev–Trinajstić information content (AvgIpc) is 3.12. The van der Waals surface area contributed by atoms with Crippen molar-refractivity contribution in [2.75, 3.05) is 38.1 Å². The lowest BCUT2D eigenvalue weighted by Crippen LogP contribution is -2.50. The minimum absolute atomic E-state index is 0. The molecule has 1 unspecified atom stereocenters. The normalized spacial score (nSPS) is 17.2. The molecule has 1 aliphatic heterocycles. The fraction of sp³-hybridized carbons (Fsp3) is 0.632. The molecule has 0 aliphatic carbocycles. The molecule has 1 atom stereocenters. The van der Waals surface area contributed by atoms with Crippen LogP contribution in [0.3, 0.4) is 0 Å². The van der Waals surface area contributed by atoms with Crippen molar-refractivity contribution in [3.63, 3.8) is 0 Å². The van der Waals surface area contributed by atoms with Gasteiger partial charge in [-0.25, -0.2) is 4.98 Å². The molecule has 1 saturated heterocycles. The first kappa shape index (κ1) is 27.5. The fourth-order valence-electron chi connectivity index (χ4n) is 3.06. The van der Waals surface area contributed by atoms with Gasteiger partial charge in [0.1, 0.15) is 5.82 Å². The largest absolute Gasteiger partial charge is 0.417 e. The van der Waals surface area contributed by atoms with Gasteiger partial charge in [-0.1, -0.05) is 11.6 Å². The van der Waals surface area contributed by atoms with Gasteiger partial charge in [-0.15, -0.1) is 24.0 Å². The van der Waals surface area contributed by atoms with E-state index < -0.39 is 17.2 Å². The Kier molecular flexibility index (Phi) is 10.1. The van der Waals surface area contributed by atoms with Crippen LogP contribution in [0.25, 0.3) is 0 Å². The van der Waals surface area contributed by atoms with E-state index in [1.807, 2.05) is 25.7 Å². The number of hydrogen-bond acceptors (Lipinski definition) is 4. The standard InChI is InChI=1S/C19H28ClF3N6O.HI/c1-5-25-16(30)18(2,3)11-27-17(24-4)28-13-6-7-29(10-13)15-14(20)8-12(9-26-15)19(21,22)23;/h8-9,13H,5-7,10-11H2,1-4H3,(H,25,30)(H2,24,27,28);1H. The van der Waals surface area contributed by atoms with Gasteiger partial charge in [-0.05, 0) is 33.3 Å². The zero-order valence-corrected chi connectivity index (χ0v) is 21.0. The summed E-state index contributed by atoms with van der Waals surface area (Å²) in [6.45, 7) is 7.61. The Balaban J connectivity index is 0.00000480. The van der Waals surface area contributed by atoms with E-state index in [0.29, 0.717) is 38.0 Å². The molecule has 0 radical (unpaired) electrons. The van der Waals surface area contributed by atoms with Gasteiger partial charge >= 0.3 is 6.18 Å². The Bertz CT molecular complexity index is 790. The maximum Gasteiger partial charge on any atom is 0.417 e. The van der Waals surface area contributed by atoms with Gasteiger partial charge in [0.05, 0.1) is 16.0 Å². The number of aliphatic imine (C=N–C) groups is 1. The first-order valence-electron chi connectivity index (χ1n) is 9.71. The van der Waals surface area contributed by atoms with Crippen molar-refractivity contribution in [2.24, 2.45) is 10.4 Å². The lowest BCUT2D eigenvalue weighted by atomic mass is 9.92. The maximum absolute atomic E-state index is 12.8. The van der Waals surface area contributed by atoms with Crippen LogP contribution >= 0.6 is 35.6 Å². The van der Waals surface area contributed by atoms with Crippen LogP contribution in [0.2, 0.25) is 5.02 Å². The fourth-order valence-corrected chi connectivity index (χ4v) is 3.35. The molecule has 2 heterocycles. The number of nitrogens with zero attached hydrogens (tertiary/aromatic N) is 3. The summed E-state index contributed by atoms with van der Waals surface area (Å²) in [4.78, 5) is 22.1. The molecule has 0 aromatic carbocycles. The summed E-state index contributed by atoms with van der Waals surface area (Å²) in [5, 5.41) is 9.21. The molecule has 2 rings (SSSR count). The van der Waals surface area contributed by atoms with E-state index in [0.717, 1.165) is 18.7 Å². The third-order valence-electron chi connectivity index (χ3n) is 4.85. The number of carbonyl (C=O) groups excluding carboxylic acids is 1. The van der Waals surface area contributed by atoms with Crippen LogP contribution in [-0.4, -0.2) is 56.1 Å². The number of rotatable bonds is 6. The van der Waals surface area contributed by atoms with Crippen molar-refractivity contribution in [3.8, 4) is 0 Å². The molecule has 0 bridgehead atoms. The highest BCUT2D eigenvalue weighted by atomic mass is 127. The minimum atomic E-state index is -4.48. The van der Waals surface area contributed by atoms with E-state index in [1.165, 1.54) is 0 Å². The van der Waals surface area contributed by atoms with Crippen LogP contribution in [-0.2, 0) is 11.0 Å². The second-order valence-corrected chi connectivity index (χ2v) is 8.18. The van der Waals surface area contributed by atoms with E-state index in [1.54, 1.807) is 7.05 Å². The molecule has 31 heavy (non-hydrogen) atoms. The number of guanidine groups is 1. The Morgan fingerprint density at radius 3 is 2.58 bits per heavy atom. The molecular formula is C19H29ClF3IN6O. The predicted molar refractivity (Wildman–Crippen MR) is 127 cm³/mol. The molecule has 1 fully saturated rings. The highest BCUT2D eigenvalue weighted by Gasteiger charge is 2.33. The lowest BCUT2D eigenvalue weighted by Gasteiger charge is -2.26. The molecule has 0 spiro atoms. The minimum Gasteiger partial charge on any atom is -0.356 e. The summed E-state index contributed by atoms with van der Waals surface area (Å²) in [6.07, 6.45) is -2.95. The van der Waals surface area contributed by atoms with E-state index in [2.05, 4.69) is 25.9 Å². The quantitative estimate of drug-likeness (QED) is 0.275. The Labute approximate surface area is 202 Å². The van der Waals surface area contributed by atoms with Gasteiger partial charge in [0.15, 0.2) is 5.96 Å². The second kappa shape index (κ2) is 11.4. The van der Waals surface area contributed by atoms with Gasteiger partial charge in [0.2, 0.25) is 5.91 Å². The number of amides is 1. The predicted octanol–water partition coefficient (Wildman–Crippen LogP) is 3.28. The number of halogens is 5. The molecule has 1 aliphatic rings. The third kappa shape index (κ3) is 7.55. The number of anilines is 1. The van der Waals surface area contributed by atoms with Gasteiger partial charge in [0, 0.05) is 45.5 Å². The smallest absolute Gasteiger partial charge is 0.356 e. The molecular weight excluding hydrogens is 548 g/mol. The molecule has 12 heteroatoms. The summed E-state index contributed by atoms with van der Waals surface area (Å²) >= 11 is 6.05.